The molecule has 0 aromatic heterocycles. The van der Waals surface area contributed by atoms with Crippen molar-refractivity contribution in [1.82, 2.24) is 5.32 Å². The Morgan fingerprint density at radius 3 is 1.54 bits per heavy atom. The van der Waals surface area contributed by atoms with Crippen molar-refractivity contribution in [2.24, 2.45) is 5.41 Å². The van der Waals surface area contributed by atoms with E-state index in [1.54, 1.807) is 13.8 Å². The SMILES string of the molecule is CC(C)(C)CC(C)(C)NC(C)(C)O. The predicted molar refractivity (Wildman–Crippen MR) is 57.6 cm³/mol. The van der Waals surface area contributed by atoms with Crippen molar-refractivity contribution in [2.75, 3.05) is 0 Å². The van der Waals surface area contributed by atoms with Gasteiger partial charge in [0.25, 0.3) is 0 Å². The average molecular weight is 187 g/mol. The Balaban J connectivity index is 4.25. The first-order valence-electron chi connectivity index (χ1n) is 4.93. The Labute approximate surface area is 82.7 Å². The van der Waals surface area contributed by atoms with Gasteiger partial charge in [-0.15, -0.1) is 0 Å². The summed E-state index contributed by atoms with van der Waals surface area (Å²) in [6, 6.07) is 0. The quantitative estimate of drug-likeness (QED) is 0.665. The van der Waals surface area contributed by atoms with Crippen LogP contribution in [0.3, 0.4) is 0 Å². The number of hydrogen-bond acceptors (Lipinski definition) is 2. The summed E-state index contributed by atoms with van der Waals surface area (Å²) in [5.41, 5.74) is -0.549. The molecule has 0 heterocycles. The fourth-order valence-corrected chi connectivity index (χ4v) is 2.20. The van der Waals surface area contributed by atoms with Crippen LogP contribution in [0.2, 0.25) is 0 Å². The van der Waals surface area contributed by atoms with E-state index in [4.69, 9.17) is 0 Å². The predicted octanol–water partition coefficient (Wildman–Crippen LogP) is 2.52. The second-order valence-corrected chi connectivity index (χ2v) is 6.31. The molecular weight excluding hydrogens is 162 g/mol. The minimum Gasteiger partial charge on any atom is -0.376 e. The molecule has 0 aliphatic rings. The van der Waals surface area contributed by atoms with Crippen molar-refractivity contribution in [3.05, 3.63) is 0 Å². The van der Waals surface area contributed by atoms with E-state index in [-0.39, 0.29) is 11.0 Å². The fraction of sp³-hybridized carbons (Fsp3) is 1.00. The fourth-order valence-electron chi connectivity index (χ4n) is 2.20. The van der Waals surface area contributed by atoms with Gasteiger partial charge < -0.3 is 5.11 Å². The maximum Gasteiger partial charge on any atom is 0.110 e. The van der Waals surface area contributed by atoms with Crippen molar-refractivity contribution < 1.29 is 5.11 Å². The zero-order valence-corrected chi connectivity index (χ0v) is 10.2. The standard InChI is InChI=1S/C11H25NO/c1-9(2,3)8-10(4,5)12-11(6,7)13/h12-13H,8H2,1-7H3. The van der Waals surface area contributed by atoms with Crippen LogP contribution in [0.4, 0.5) is 0 Å². The summed E-state index contributed by atoms with van der Waals surface area (Å²) in [6.07, 6.45) is 1.03. The molecule has 0 aliphatic heterocycles. The van der Waals surface area contributed by atoms with Crippen LogP contribution in [0.5, 0.6) is 0 Å². The van der Waals surface area contributed by atoms with E-state index < -0.39 is 5.72 Å². The largest absolute Gasteiger partial charge is 0.376 e. The lowest BCUT2D eigenvalue weighted by Crippen LogP contribution is -2.53. The lowest BCUT2D eigenvalue weighted by atomic mass is 9.81. The first kappa shape index (κ1) is 12.9. The molecule has 2 N–H and O–H groups in total. The highest BCUT2D eigenvalue weighted by Crippen LogP contribution is 2.27. The summed E-state index contributed by atoms with van der Waals surface area (Å²) in [4.78, 5) is 0. The average Bonchev–Trinajstić information content (AvgIpc) is 1.43. The minimum atomic E-state index is -0.797. The molecule has 0 aliphatic carbocycles. The van der Waals surface area contributed by atoms with E-state index in [2.05, 4.69) is 39.9 Å². The van der Waals surface area contributed by atoms with Crippen molar-refractivity contribution >= 4 is 0 Å². The molecule has 0 rings (SSSR count). The molecule has 0 unspecified atom stereocenters. The van der Waals surface area contributed by atoms with E-state index in [0.717, 1.165) is 6.42 Å². The van der Waals surface area contributed by atoms with E-state index >= 15 is 0 Å². The van der Waals surface area contributed by atoms with Crippen LogP contribution in [0.1, 0.15) is 54.9 Å². The van der Waals surface area contributed by atoms with Crippen LogP contribution >= 0.6 is 0 Å². The second-order valence-electron chi connectivity index (χ2n) is 6.31. The Hall–Kier alpha value is -0.0800. The number of aliphatic hydroxyl groups is 1. The van der Waals surface area contributed by atoms with Gasteiger partial charge in [-0.1, -0.05) is 20.8 Å². The van der Waals surface area contributed by atoms with Crippen molar-refractivity contribution in [1.29, 1.82) is 0 Å². The summed E-state index contributed by atoms with van der Waals surface area (Å²) in [5.74, 6) is 0. The Kier molecular flexibility index (Phi) is 3.56. The van der Waals surface area contributed by atoms with Crippen molar-refractivity contribution in [3.63, 3.8) is 0 Å². The van der Waals surface area contributed by atoms with Crippen LogP contribution < -0.4 is 5.32 Å². The van der Waals surface area contributed by atoms with Gasteiger partial charge in [-0.3, -0.25) is 5.32 Å². The number of rotatable bonds is 3. The molecule has 0 spiro atoms. The molecule has 2 nitrogen and oxygen atoms in total. The monoisotopic (exact) mass is 187 g/mol. The zero-order valence-electron chi connectivity index (χ0n) is 10.2. The summed E-state index contributed by atoms with van der Waals surface area (Å²) < 4.78 is 0. The Morgan fingerprint density at radius 2 is 1.31 bits per heavy atom. The number of hydrogen-bond donors (Lipinski definition) is 2. The second kappa shape index (κ2) is 3.58. The van der Waals surface area contributed by atoms with Crippen LogP contribution in [-0.2, 0) is 0 Å². The van der Waals surface area contributed by atoms with Crippen LogP contribution in [0.15, 0.2) is 0 Å². The highest BCUT2D eigenvalue weighted by atomic mass is 16.3. The molecule has 0 saturated heterocycles. The third-order valence-electron chi connectivity index (χ3n) is 1.62. The van der Waals surface area contributed by atoms with Gasteiger partial charge >= 0.3 is 0 Å². The topological polar surface area (TPSA) is 32.3 Å². The van der Waals surface area contributed by atoms with Gasteiger partial charge in [0, 0.05) is 5.54 Å². The molecule has 13 heavy (non-hydrogen) atoms. The highest BCUT2D eigenvalue weighted by Gasteiger charge is 2.29. The maximum atomic E-state index is 9.64. The lowest BCUT2D eigenvalue weighted by molar-refractivity contribution is 0.00645. The van der Waals surface area contributed by atoms with Gasteiger partial charge in [-0.25, -0.2) is 0 Å². The highest BCUT2D eigenvalue weighted by molar-refractivity contribution is 4.86. The van der Waals surface area contributed by atoms with Gasteiger partial charge in [0.15, 0.2) is 0 Å². The Morgan fingerprint density at radius 1 is 0.923 bits per heavy atom. The third-order valence-corrected chi connectivity index (χ3v) is 1.62. The molecule has 0 saturated carbocycles. The first-order chi connectivity index (χ1) is 5.41. The minimum absolute atomic E-state index is 0.0312. The third kappa shape index (κ3) is 8.26. The molecule has 0 bridgehead atoms. The van der Waals surface area contributed by atoms with Gasteiger partial charge in [-0.05, 0) is 39.5 Å². The maximum absolute atomic E-state index is 9.64. The molecule has 0 aromatic carbocycles. The molecule has 0 aromatic rings. The van der Waals surface area contributed by atoms with Crippen LogP contribution in [-0.4, -0.2) is 16.4 Å². The summed E-state index contributed by atoms with van der Waals surface area (Å²) >= 11 is 0. The molecule has 0 atom stereocenters. The van der Waals surface area contributed by atoms with Crippen molar-refractivity contribution in [3.8, 4) is 0 Å². The molecule has 0 fully saturated rings. The van der Waals surface area contributed by atoms with E-state index in [1.165, 1.54) is 0 Å². The summed E-state index contributed by atoms with van der Waals surface area (Å²) in [7, 11) is 0. The Bertz CT molecular complexity index is 142. The molecule has 2 heteroatoms. The van der Waals surface area contributed by atoms with Crippen molar-refractivity contribution in [2.45, 2.75) is 66.2 Å². The number of nitrogens with one attached hydrogen (secondary N) is 1. The van der Waals surface area contributed by atoms with E-state index in [0.29, 0.717) is 0 Å². The summed E-state index contributed by atoms with van der Waals surface area (Å²) in [6.45, 7) is 14.4. The van der Waals surface area contributed by atoms with Crippen LogP contribution in [0.25, 0.3) is 0 Å². The lowest BCUT2D eigenvalue weighted by Gasteiger charge is -2.38. The molecule has 80 valence electrons. The summed E-state index contributed by atoms with van der Waals surface area (Å²) in [5, 5.41) is 12.8. The van der Waals surface area contributed by atoms with E-state index in [1.807, 2.05) is 0 Å². The molecule has 0 amide bonds. The van der Waals surface area contributed by atoms with Crippen LogP contribution in [0, 0.1) is 5.41 Å². The zero-order chi connectivity index (χ0) is 10.9. The van der Waals surface area contributed by atoms with Gasteiger partial charge in [0.05, 0.1) is 0 Å². The first-order valence-corrected chi connectivity index (χ1v) is 4.93. The van der Waals surface area contributed by atoms with E-state index in [9.17, 15) is 5.11 Å². The molecule has 0 radical (unpaired) electrons. The smallest absolute Gasteiger partial charge is 0.110 e. The van der Waals surface area contributed by atoms with Gasteiger partial charge in [0.2, 0.25) is 0 Å². The van der Waals surface area contributed by atoms with Gasteiger partial charge in [-0.2, -0.15) is 0 Å². The van der Waals surface area contributed by atoms with Gasteiger partial charge in [0.1, 0.15) is 5.72 Å². The molecular formula is C11H25NO. The normalized spacial score (nSPS) is 14.8.